The van der Waals surface area contributed by atoms with Crippen LogP contribution in [0.1, 0.15) is 63.1 Å². The van der Waals surface area contributed by atoms with Gasteiger partial charge in [-0.1, -0.05) is 43.3 Å². The third-order valence-corrected chi connectivity index (χ3v) is 6.00. The molecule has 1 amide bonds. The highest BCUT2D eigenvalue weighted by Crippen LogP contribution is 2.47. The molecule has 0 unspecified atom stereocenters. The summed E-state index contributed by atoms with van der Waals surface area (Å²) in [7, 11) is 0. The Morgan fingerprint density at radius 1 is 1.12 bits per heavy atom. The smallest absolute Gasteiger partial charge is 0.410 e. The molecule has 168 valence electrons. The van der Waals surface area contributed by atoms with Gasteiger partial charge in [0.1, 0.15) is 5.60 Å². The predicted molar refractivity (Wildman–Crippen MR) is 126 cm³/mol. The fourth-order valence-electron chi connectivity index (χ4n) is 4.43. The lowest BCUT2D eigenvalue weighted by Gasteiger charge is -2.24. The van der Waals surface area contributed by atoms with E-state index in [0.29, 0.717) is 31.0 Å². The van der Waals surface area contributed by atoms with Crippen molar-refractivity contribution >= 4 is 17.4 Å². The van der Waals surface area contributed by atoms with Gasteiger partial charge in [0.2, 0.25) is 0 Å². The van der Waals surface area contributed by atoms with Gasteiger partial charge in [0.15, 0.2) is 0 Å². The van der Waals surface area contributed by atoms with Crippen molar-refractivity contribution in [2.45, 2.75) is 58.5 Å². The molecule has 0 saturated heterocycles. The molecule has 1 aliphatic carbocycles. The van der Waals surface area contributed by atoms with Gasteiger partial charge in [-0.25, -0.2) is 4.79 Å². The van der Waals surface area contributed by atoms with E-state index in [4.69, 9.17) is 4.74 Å². The number of amides is 1. The number of rotatable bonds is 5. The number of ether oxygens (including phenoxy) is 1. The predicted octanol–water partition coefficient (Wildman–Crippen LogP) is 6.34. The maximum Gasteiger partial charge on any atom is 0.410 e. The zero-order chi connectivity index (χ0) is 23.0. The van der Waals surface area contributed by atoms with Crippen molar-refractivity contribution < 1.29 is 14.5 Å². The Hall–Kier alpha value is -3.15. The maximum atomic E-state index is 12.5. The SMILES string of the molecule is CCc1c(C2=CCN(C(=O)OC(C)(C)C)C2)ccc(-c2ccccc2C2CC2)c1[N+](=O)[O-]. The second kappa shape index (κ2) is 8.41. The molecule has 2 aliphatic rings. The number of benzene rings is 2. The Kier molecular flexibility index (Phi) is 5.80. The van der Waals surface area contributed by atoms with Crippen molar-refractivity contribution in [1.29, 1.82) is 0 Å². The summed E-state index contributed by atoms with van der Waals surface area (Å²) in [6, 6.07) is 11.9. The molecular weight excluding hydrogens is 404 g/mol. The van der Waals surface area contributed by atoms with Crippen LogP contribution in [0.5, 0.6) is 0 Å². The molecule has 1 aliphatic heterocycles. The molecule has 1 fully saturated rings. The van der Waals surface area contributed by atoms with Crippen LogP contribution in [0.25, 0.3) is 16.7 Å². The Labute approximate surface area is 189 Å². The average molecular weight is 435 g/mol. The third kappa shape index (κ3) is 4.40. The van der Waals surface area contributed by atoms with Crippen LogP contribution < -0.4 is 0 Å². The molecule has 0 bridgehead atoms. The molecule has 0 spiro atoms. The summed E-state index contributed by atoms with van der Waals surface area (Å²) in [6.07, 6.45) is 4.41. The van der Waals surface area contributed by atoms with E-state index in [-0.39, 0.29) is 16.7 Å². The molecular formula is C26H30N2O4. The van der Waals surface area contributed by atoms with Crippen molar-refractivity contribution in [3.05, 3.63) is 69.3 Å². The van der Waals surface area contributed by atoms with Crippen LogP contribution in [0.2, 0.25) is 0 Å². The Balaban J connectivity index is 1.71. The largest absolute Gasteiger partial charge is 0.444 e. The first kappa shape index (κ1) is 22.1. The van der Waals surface area contributed by atoms with E-state index in [1.165, 1.54) is 5.56 Å². The van der Waals surface area contributed by atoms with Crippen molar-refractivity contribution in [1.82, 2.24) is 4.90 Å². The highest BCUT2D eigenvalue weighted by molar-refractivity contribution is 5.85. The highest BCUT2D eigenvalue weighted by Gasteiger charge is 2.32. The van der Waals surface area contributed by atoms with E-state index in [1.54, 1.807) is 4.90 Å². The lowest BCUT2D eigenvalue weighted by molar-refractivity contribution is -0.384. The van der Waals surface area contributed by atoms with Crippen LogP contribution >= 0.6 is 0 Å². The Morgan fingerprint density at radius 2 is 1.81 bits per heavy atom. The fraction of sp³-hybridized carbons (Fsp3) is 0.423. The summed E-state index contributed by atoms with van der Waals surface area (Å²) < 4.78 is 5.49. The quantitative estimate of drug-likeness (QED) is 0.407. The van der Waals surface area contributed by atoms with Crippen LogP contribution in [-0.4, -0.2) is 34.6 Å². The monoisotopic (exact) mass is 434 g/mol. The van der Waals surface area contributed by atoms with Crippen LogP contribution in [0.15, 0.2) is 42.5 Å². The highest BCUT2D eigenvalue weighted by atomic mass is 16.6. The standard InChI is InChI=1S/C26H30N2O4/c1-5-19-21(18-14-15-27(16-18)25(29)32-26(2,3)4)12-13-23(24(19)28(30)31)22-9-7-6-8-20(22)17-10-11-17/h6-9,12-14,17H,5,10-11,15-16H2,1-4H3. The number of carbonyl (C=O) groups is 1. The second-order valence-electron chi connectivity index (χ2n) is 9.55. The summed E-state index contributed by atoms with van der Waals surface area (Å²) in [6.45, 7) is 8.29. The molecule has 0 N–H and O–H groups in total. The zero-order valence-corrected chi connectivity index (χ0v) is 19.2. The van der Waals surface area contributed by atoms with Gasteiger partial charge in [-0.05, 0) is 74.3 Å². The average Bonchev–Trinajstić information content (AvgIpc) is 3.47. The lowest BCUT2D eigenvalue weighted by atomic mass is 9.89. The van der Waals surface area contributed by atoms with E-state index in [2.05, 4.69) is 6.07 Å². The van der Waals surface area contributed by atoms with Gasteiger partial charge in [-0.3, -0.25) is 10.1 Å². The number of hydrogen-bond donors (Lipinski definition) is 0. The molecule has 6 heteroatoms. The molecule has 0 atom stereocenters. The van der Waals surface area contributed by atoms with Gasteiger partial charge in [0.25, 0.3) is 5.69 Å². The molecule has 0 radical (unpaired) electrons. The van der Waals surface area contributed by atoms with Crippen LogP contribution in [0, 0.1) is 10.1 Å². The van der Waals surface area contributed by atoms with Crippen LogP contribution in [-0.2, 0) is 11.2 Å². The van der Waals surface area contributed by atoms with Crippen molar-refractivity contribution in [3.8, 4) is 11.1 Å². The minimum absolute atomic E-state index is 0.176. The molecule has 0 aromatic heterocycles. The number of carbonyl (C=O) groups excluding carboxylic acids is 1. The molecule has 2 aromatic rings. The van der Waals surface area contributed by atoms with Gasteiger partial charge >= 0.3 is 6.09 Å². The first-order valence-corrected chi connectivity index (χ1v) is 11.3. The molecule has 4 rings (SSSR count). The number of nitrogens with zero attached hydrogens (tertiary/aromatic N) is 2. The van der Waals surface area contributed by atoms with Crippen molar-refractivity contribution in [3.63, 3.8) is 0 Å². The third-order valence-electron chi connectivity index (χ3n) is 6.00. The Morgan fingerprint density at radius 3 is 2.44 bits per heavy atom. The number of nitro benzene ring substituents is 1. The summed E-state index contributed by atoms with van der Waals surface area (Å²) in [5.41, 5.74) is 4.94. The fourth-order valence-corrected chi connectivity index (χ4v) is 4.43. The van der Waals surface area contributed by atoms with E-state index in [0.717, 1.165) is 35.1 Å². The number of hydrogen-bond acceptors (Lipinski definition) is 4. The van der Waals surface area contributed by atoms with Crippen LogP contribution in [0.3, 0.4) is 0 Å². The molecule has 2 aromatic carbocycles. The Bertz CT molecular complexity index is 1090. The van der Waals surface area contributed by atoms with Crippen molar-refractivity contribution in [2.75, 3.05) is 13.1 Å². The minimum atomic E-state index is -0.566. The van der Waals surface area contributed by atoms with Gasteiger partial charge in [0.05, 0.1) is 10.5 Å². The molecule has 6 nitrogen and oxygen atoms in total. The minimum Gasteiger partial charge on any atom is -0.444 e. The maximum absolute atomic E-state index is 12.5. The number of nitro groups is 1. The summed E-state index contributed by atoms with van der Waals surface area (Å²) in [5.74, 6) is 0.496. The first-order chi connectivity index (χ1) is 15.2. The summed E-state index contributed by atoms with van der Waals surface area (Å²) >= 11 is 0. The normalized spacial score (nSPS) is 16.1. The molecule has 1 saturated carbocycles. The molecule has 32 heavy (non-hydrogen) atoms. The zero-order valence-electron chi connectivity index (χ0n) is 19.2. The van der Waals surface area contributed by atoms with E-state index in [1.807, 2.05) is 64.1 Å². The second-order valence-corrected chi connectivity index (χ2v) is 9.55. The molecule has 1 heterocycles. The first-order valence-electron chi connectivity index (χ1n) is 11.3. The van der Waals surface area contributed by atoms with E-state index < -0.39 is 5.60 Å². The van der Waals surface area contributed by atoms with E-state index >= 15 is 0 Å². The van der Waals surface area contributed by atoms with Gasteiger partial charge in [0, 0.05) is 18.7 Å². The topological polar surface area (TPSA) is 72.7 Å². The summed E-state index contributed by atoms with van der Waals surface area (Å²) in [5, 5.41) is 12.3. The van der Waals surface area contributed by atoms with Gasteiger partial charge in [-0.2, -0.15) is 0 Å². The van der Waals surface area contributed by atoms with Crippen LogP contribution in [0.4, 0.5) is 10.5 Å². The van der Waals surface area contributed by atoms with E-state index in [9.17, 15) is 14.9 Å². The lowest BCUT2D eigenvalue weighted by Crippen LogP contribution is -2.35. The van der Waals surface area contributed by atoms with Gasteiger partial charge < -0.3 is 9.64 Å². The summed E-state index contributed by atoms with van der Waals surface area (Å²) in [4.78, 5) is 26.1. The van der Waals surface area contributed by atoms with Gasteiger partial charge in [-0.15, -0.1) is 0 Å². The van der Waals surface area contributed by atoms with Crippen molar-refractivity contribution in [2.24, 2.45) is 0 Å².